The smallest absolute Gasteiger partial charge is 0.161 e. The maximum absolute atomic E-state index is 13.0. The lowest BCUT2D eigenvalue weighted by Crippen LogP contribution is -2.52. The van der Waals surface area contributed by atoms with E-state index in [1.54, 1.807) is 0 Å². The predicted molar refractivity (Wildman–Crippen MR) is 137 cm³/mol. The van der Waals surface area contributed by atoms with Crippen molar-refractivity contribution in [1.29, 1.82) is 0 Å². The summed E-state index contributed by atoms with van der Waals surface area (Å²) in [5.74, 6) is 0.197. The van der Waals surface area contributed by atoms with E-state index in [0.29, 0.717) is 19.5 Å². The molecule has 1 fully saturated rings. The average molecular weight is 445 g/mol. The Morgan fingerprint density at radius 2 is 1.26 bits per heavy atom. The van der Waals surface area contributed by atoms with Crippen molar-refractivity contribution < 1.29 is 4.79 Å². The van der Waals surface area contributed by atoms with Crippen LogP contribution in [0, 0.1) is 6.92 Å². The first kappa shape index (κ1) is 22.0. The minimum absolute atomic E-state index is 0.197. The number of benzene rings is 3. The number of Topliss-reactive ketones (excluding diaryl/α,β-unsaturated/α-hetero) is 1. The number of aromatic nitrogens is 1. The summed E-state index contributed by atoms with van der Waals surface area (Å²) in [5, 5.41) is 0. The quantitative estimate of drug-likeness (QED) is 0.278. The Bertz CT molecular complexity index is 1200. The first-order valence-corrected chi connectivity index (χ1v) is 11.8. The minimum Gasteiger partial charge on any atom is -0.294 e. The van der Waals surface area contributed by atoms with Crippen LogP contribution in [0.15, 0.2) is 115 Å². The summed E-state index contributed by atoms with van der Waals surface area (Å²) in [6.07, 6.45) is 2.44. The molecule has 1 aromatic heterocycles. The van der Waals surface area contributed by atoms with Crippen LogP contribution in [0.1, 0.15) is 34.5 Å². The second-order valence-corrected chi connectivity index (χ2v) is 8.78. The van der Waals surface area contributed by atoms with Crippen LogP contribution in [-0.4, -0.2) is 28.8 Å². The number of hydrogen-bond acceptors (Lipinski definition) is 3. The van der Waals surface area contributed by atoms with Gasteiger partial charge in [-0.25, -0.2) is 0 Å². The topological polar surface area (TPSA) is 33.2 Å². The highest BCUT2D eigenvalue weighted by molar-refractivity contribution is 6.00. The van der Waals surface area contributed by atoms with Crippen molar-refractivity contribution in [3.63, 3.8) is 0 Å². The number of rotatable bonds is 5. The number of carbonyl (C=O) groups excluding carboxylic acids is 1. The van der Waals surface area contributed by atoms with E-state index in [-0.39, 0.29) is 5.78 Å². The number of pyridine rings is 1. The second-order valence-electron chi connectivity index (χ2n) is 8.78. The Morgan fingerprint density at radius 3 is 1.76 bits per heavy atom. The number of likely N-dealkylation sites (tertiary alicyclic amines) is 1. The van der Waals surface area contributed by atoms with E-state index in [1.165, 1.54) is 16.7 Å². The molecule has 168 valence electrons. The lowest BCUT2D eigenvalue weighted by atomic mass is 9.74. The fourth-order valence-electron chi connectivity index (χ4n) is 5.09. The molecule has 0 spiro atoms. The molecule has 0 N–H and O–H groups in total. The number of piperidine rings is 1. The summed E-state index contributed by atoms with van der Waals surface area (Å²) in [5.41, 5.74) is 5.62. The zero-order valence-corrected chi connectivity index (χ0v) is 19.4. The van der Waals surface area contributed by atoms with E-state index in [2.05, 4.69) is 101 Å². The summed E-state index contributed by atoms with van der Waals surface area (Å²) < 4.78 is 0. The van der Waals surface area contributed by atoms with Gasteiger partial charge in [-0.15, -0.1) is 0 Å². The SMILES string of the molecule is Cc1cccc(C=C2CN(C(c3ccccc3)(c3ccccc3)c3ccccc3)CCC2=O)n1. The molecule has 0 atom stereocenters. The third kappa shape index (κ3) is 4.11. The van der Waals surface area contributed by atoms with Crippen molar-refractivity contribution in [3.05, 3.63) is 143 Å². The molecule has 5 rings (SSSR count). The molecule has 0 amide bonds. The lowest BCUT2D eigenvalue weighted by molar-refractivity contribution is -0.117. The van der Waals surface area contributed by atoms with Crippen molar-refractivity contribution in [2.75, 3.05) is 13.1 Å². The molecule has 1 aliphatic rings. The van der Waals surface area contributed by atoms with Crippen molar-refractivity contribution in [2.24, 2.45) is 0 Å². The van der Waals surface area contributed by atoms with E-state index >= 15 is 0 Å². The highest BCUT2D eigenvalue weighted by atomic mass is 16.1. The zero-order valence-electron chi connectivity index (χ0n) is 19.4. The molecule has 3 aromatic carbocycles. The van der Waals surface area contributed by atoms with Gasteiger partial charge in [0.25, 0.3) is 0 Å². The second kappa shape index (κ2) is 9.58. The molecule has 0 saturated carbocycles. The zero-order chi connectivity index (χ0) is 23.4. The fraction of sp³-hybridized carbons (Fsp3) is 0.161. The van der Waals surface area contributed by atoms with E-state index in [9.17, 15) is 4.79 Å². The Labute approximate surface area is 201 Å². The molecular weight excluding hydrogens is 416 g/mol. The summed E-state index contributed by atoms with van der Waals surface area (Å²) in [6, 6.07) is 37.8. The van der Waals surface area contributed by atoms with Gasteiger partial charge in [0.05, 0.1) is 11.2 Å². The molecular formula is C31H28N2O. The fourth-order valence-corrected chi connectivity index (χ4v) is 5.09. The summed E-state index contributed by atoms with van der Waals surface area (Å²) in [7, 11) is 0. The normalized spacial score (nSPS) is 16.0. The van der Waals surface area contributed by atoms with Gasteiger partial charge < -0.3 is 0 Å². The molecule has 1 saturated heterocycles. The standard InChI is InChI=1S/C31H28N2O/c1-24-12-11-19-29(32-24)22-25-23-33(21-20-30(25)34)31(26-13-5-2-6-14-26,27-15-7-3-8-16-27)28-17-9-4-10-18-28/h2-19,22H,20-21,23H2,1H3. The van der Waals surface area contributed by atoms with Gasteiger partial charge in [-0.2, -0.15) is 0 Å². The number of carbonyl (C=O) groups is 1. The number of ketones is 1. The first-order chi connectivity index (χ1) is 16.7. The van der Waals surface area contributed by atoms with E-state index in [1.807, 2.05) is 31.2 Å². The van der Waals surface area contributed by atoms with E-state index in [4.69, 9.17) is 0 Å². The largest absolute Gasteiger partial charge is 0.294 e. The molecule has 4 aromatic rings. The van der Waals surface area contributed by atoms with Crippen molar-refractivity contribution in [3.8, 4) is 0 Å². The van der Waals surface area contributed by atoms with Gasteiger partial charge in [-0.1, -0.05) is 97.1 Å². The third-order valence-electron chi connectivity index (χ3n) is 6.61. The molecule has 0 radical (unpaired) electrons. The minimum atomic E-state index is -0.524. The van der Waals surface area contributed by atoms with Gasteiger partial charge in [-0.05, 0) is 41.8 Å². The highest BCUT2D eigenvalue weighted by Gasteiger charge is 2.44. The van der Waals surface area contributed by atoms with Gasteiger partial charge in [0.2, 0.25) is 0 Å². The molecule has 2 heterocycles. The molecule has 0 unspecified atom stereocenters. The lowest BCUT2D eigenvalue weighted by Gasteiger charge is -2.47. The maximum Gasteiger partial charge on any atom is 0.161 e. The molecule has 0 aliphatic carbocycles. The van der Waals surface area contributed by atoms with Gasteiger partial charge >= 0.3 is 0 Å². The number of aryl methyl sites for hydroxylation is 1. The first-order valence-electron chi connectivity index (χ1n) is 11.8. The number of hydrogen-bond donors (Lipinski definition) is 0. The molecule has 3 nitrogen and oxygen atoms in total. The van der Waals surface area contributed by atoms with Crippen LogP contribution in [0.25, 0.3) is 6.08 Å². The van der Waals surface area contributed by atoms with Crippen molar-refractivity contribution >= 4 is 11.9 Å². The Hall–Kier alpha value is -3.82. The Kier molecular flexibility index (Phi) is 6.20. The molecule has 34 heavy (non-hydrogen) atoms. The van der Waals surface area contributed by atoms with Gasteiger partial charge in [0, 0.05) is 30.8 Å². The maximum atomic E-state index is 13.0. The van der Waals surface area contributed by atoms with Crippen LogP contribution in [0.5, 0.6) is 0 Å². The summed E-state index contributed by atoms with van der Waals surface area (Å²) in [6.45, 7) is 3.20. The van der Waals surface area contributed by atoms with E-state index < -0.39 is 5.54 Å². The van der Waals surface area contributed by atoms with Crippen LogP contribution >= 0.6 is 0 Å². The van der Waals surface area contributed by atoms with Gasteiger partial charge in [0.15, 0.2) is 5.78 Å². The van der Waals surface area contributed by atoms with Crippen molar-refractivity contribution in [2.45, 2.75) is 18.9 Å². The Morgan fingerprint density at radius 1 is 0.735 bits per heavy atom. The van der Waals surface area contributed by atoms with Gasteiger partial charge in [-0.3, -0.25) is 14.7 Å². The summed E-state index contributed by atoms with van der Waals surface area (Å²) in [4.78, 5) is 20.1. The van der Waals surface area contributed by atoms with Crippen LogP contribution in [0.2, 0.25) is 0 Å². The monoisotopic (exact) mass is 444 g/mol. The van der Waals surface area contributed by atoms with Crippen LogP contribution < -0.4 is 0 Å². The van der Waals surface area contributed by atoms with Crippen LogP contribution in [0.4, 0.5) is 0 Å². The van der Waals surface area contributed by atoms with Crippen LogP contribution in [-0.2, 0) is 10.3 Å². The molecule has 1 aliphatic heterocycles. The third-order valence-corrected chi connectivity index (χ3v) is 6.61. The van der Waals surface area contributed by atoms with E-state index in [0.717, 1.165) is 17.0 Å². The van der Waals surface area contributed by atoms with Crippen molar-refractivity contribution in [1.82, 2.24) is 9.88 Å². The number of nitrogens with zero attached hydrogens (tertiary/aromatic N) is 2. The Balaban J connectivity index is 1.70. The predicted octanol–water partition coefficient (Wildman–Crippen LogP) is 6.04. The molecule has 3 heteroatoms. The average Bonchev–Trinajstić information content (AvgIpc) is 2.88. The summed E-state index contributed by atoms with van der Waals surface area (Å²) >= 11 is 0. The van der Waals surface area contributed by atoms with Gasteiger partial charge in [0.1, 0.15) is 0 Å². The van der Waals surface area contributed by atoms with Crippen LogP contribution in [0.3, 0.4) is 0 Å². The molecule has 0 bridgehead atoms. The highest BCUT2D eigenvalue weighted by Crippen LogP contribution is 2.43.